The first-order chi connectivity index (χ1) is 11.5. The van der Waals surface area contributed by atoms with Crippen LogP contribution in [0.1, 0.15) is 16.7 Å². The summed E-state index contributed by atoms with van der Waals surface area (Å²) < 4.78 is 29.8. The predicted molar refractivity (Wildman–Crippen MR) is 99.4 cm³/mol. The van der Waals surface area contributed by atoms with Crippen molar-refractivity contribution in [2.45, 2.75) is 20.8 Å². The number of hydrogen-bond donors (Lipinski definition) is 0. The zero-order valence-corrected chi connectivity index (χ0v) is 14.6. The molecule has 0 radical (unpaired) electrons. The van der Waals surface area contributed by atoms with Crippen LogP contribution in [0.5, 0.6) is 0 Å². The summed E-state index contributed by atoms with van der Waals surface area (Å²) in [4.78, 5) is 1.26. The first-order valence-electron chi connectivity index (χ1n) is 7.87. The van der Waals surface area contributed by atoms with Crippen LogP contribution < -0.4 is 0 Å². The molecule has 3 aromatic carbocycles. The van der Waals surface area contributed by atoms with Crippen molar-refractivity contribution in [1.29, 1.82) is 0 Å². The lowest BCUT2D eigenvalue weighted by Gasteiger charge is -2.04. The first kappa shape index (κ1) is 15.3. The molecule has 1 heterocycles. The summed E-state index contributed by atoms with van der Waals surface area (Å²) in [6, 6.07) is 14.1. The Hall–Kier alpha value is -2.26. The molecule has 0 N–H and O–H groups in total. The molecule has 4 aromatic rings. The Bertz CT molecular complexity index is 1020. The van der Waals surface area contributed by atoms with Crippen LogP contribution in [-0.4, -0.2) is 0 Å². The highest BCUT2D eigenvalue weighted by atomic mass is 32.2. The van der Waals surface area contributed by atoms with Crippen molar-refractivity contribution >= 4 is 30.6 Å². The number of benzene rings is 3. The van der Waals surface area contributed by atoms with E-state index in [0.717, 1.165) is 20.2 Å². The van der Waals surface area contributed by atoms with E-state index in [1.165, 1.54) is 45.9 Å². The summed E-state index contributed by atoms with van der Waals surface area (Å²) in [6.45, 7) is 6.33. The molecule has 0 fully saturated rings. The average molecular weight is 339 g/mol. The van der Waals surface area contributed by atoms with Gasteiger partial charge in [-0.05, 0) is 45.0 Å². The number of rotatable bonds is 1. The minimum Gasteiger partial charge on any atom is -0.207 e. The van der Waals surface area contributed by atoms with Crippen LogP contribution in [0.25, 0.3) is 25.1 Å². The van der Waals surface area contributed by atoms with E-state index in [4.69, 9.17) is 0 Å². The highest BCUT2D eigenvalue weighted by Gasteiger charge is 2.27. The van der Waals surface area contributed by atoms with Crippen molar-refractivity contribution < 1.29 is 8.78 Å². The molecular formula is C21H17F2S+. The van der Waals surface area contributed by atoms with Crippen molar-refractivity contribution in [3.05, 3.63) is 76.9 Å². The van der Waals surface area contributed by atoms with Crippen LogP contribution in [0.4, 0.5) is 8.78 Å². The minimum atomic E-state index is -0.322. The van der Waals surface area contributed by atoms with Gasteiger partial charge in [0.2, 0.25) is 0 Å². The van der Waals surface area contributed by atoms with Gasteiger partial charge in [-0.2, -0.15) is 0 Å². The summed E-state index contributed by atoms with van der Waals surface area (Å²) in [6.07, 6.45) is 0. The van der Waals surface area contributed by atoms with Gasteiger partial charge in [0.25, 0.3) is 0 Å². The SMILES string of the molecule is Cc1cc(C)c(-[s+]2c3ccc(F)cc3c3cc(F)ccc32)c(C)c1. The van der Waals surface area contributed by atoms with Crippen molar-refractivity contribution in [2.24, 2.45) is 0 Å². The number of fused-ring (bicyclic) bond motifs is 3. The molecule has 0 saturated heterocycles. The Morgan fingerprint density at radius 1 is 0.667 bits per heavy atom. The fourth-order valence-corrected chi connectivity index (χ4v) is 6.23. The van der Waals surface area contributed by atoms with Crippen LogP contribution in [0, 0.1) is 32.4 Å². The number of thiophene rings is 1. The second-order valence-corrected chi connectivity index (χ2v) is 8.22. The standard InChI is InChI=1S/C21H17F2S/c1-12-8-13(2)21(14(3)9-12)24-19-6-4-15(22)10-17(19)18-11-16(23)5-7-20(18)24/h4-11H,1-3H3/q+1. The van der Waals surface area contributed by atoms with E-state index in [1.807, 2.05) is 12.1 Å². The van der Waals surface area contributed by atoms with Crippen LogP contribution >= 0.6 is 10.5 Å². The van der Waals surface area contributed by atoms with Gasteiger partial charge in [0.1, 0.15) is 11.6 Å². The van der Waals surface area contributed by atoms with Gasteiger partial charge in [-0.3, -0.25) is 0 Å². The molecule has 3 heteroatoms. The fourth-order valence-electron chi connectivity index (χ4n) is 3.61. The molecule has 120 valence electrons. The summed E-state index contributed by atoms with van der Waals surface area (Å²) >= 11 is 0. The van der Waals surface area contributed by atoms with Crippen molar-refractivity contribution in [3.63, 3.8) is 0 Å². The van der Waals surface area contributed by atoms with E-state index in [2.05, 4.69) is 32.9 Å². The molecule has 0 atom stereocenters. The third-order valence-electron chi connectivity index (χ3n) is 4.42. The molecule has 0 aliphatic rings. The van der Waals surface area contributed by atoms with Gasteiger partial charge in [0.05, 0.1) is 10.8 Å². The molecule has 4 rings (SSSR count). The molecular weight excluding hydrogens is 322 g/mol. The molecule has 0 saturated carbocycles. The molecule has 0 unspecified atom stereocenters. The third kappa shape index (κ3) is 2.23. The highest BCUT2D eigenvalue weighted by molar-refractivity contribution is 7.50. The van der Waals surface area contributed by atoms with Gasteiger partial charge in [-0.25, -0.2) is 8.78 Å². The summed E-state index contributed by atoms with van der Waals surface area (Å²) in [7, 11) is -0.322. The van der Waals surface area contributed by atoms with Crippen LogP contribution in [0.15, 0.2) is 48.5 Å². The van der Waals surface area contributed by atoms with E-state index >= 15 is 0 Å². The van der Waals surface area contributed by atoms with E-state index in [0.29, 0.717) is 0 Å². The lowest BCUT2D eigenvalue weighted by atomic mass is 10.1. The monoisotopic (exact) mass is 339 g/mol. The maximum Gasteiger partial charge on any atom is 0.187 e. The largest absolute Gasteiger partial charge is 0.207 e. The Morgan fingerprint density at radius 3 is 1.58 bits per heavy atom. The minimum absolute atomic E-state index is 0.285. The van der Waals surface area contributed by atoms with Gasteiger partial charge in [-0.15, -0.1) is 0 Å². The van der Waals surface area contributed by atoms with Gasteiger partial charge in [-0.1, -0.05) is 17.7 Å². The summed E-state index contributed by atoms with van der Waals surface area (Å²) in [5.41, 5.74) is 3.68. The zero-order chi connectivity index (χ0) is 17.0. The number of halogens is 2. The zero-order valence-electron chi connectivity index (χ0n) is 13.8. The van der Waals surface area contributed by atoms with Gasteiger partial charge < -0.3 is 0 Å². The van der Waals surface area contributed by atoms with Crippen LogP contribution in [-0.2, 0) is 0 Å². The Labute approximate surface area is 142 Å². The second kappa shape index (κ2) is 5.38. The molecule has 24 heavy (non-hydrogen) atoms. The maximum atomic E-state index is 13.8. The Kier molecular flexibility index (Phi) is 3.43. The highest BCUT2D eigenvalue weighted by Crippen LogP contribution is 2.50. The predicted octanol–water partition coefficient (Wildman–Crippen LogP) is 6.93. The van der Waals surface area contributed by atoms with E-state index in [9.17, 15) is 8.78 Å². The van der Waals surface area contributed by atoms with Crippen molar-refractivity contribution in [2.75, 3.05) is 0 Å². The average Bonchev–Trinajstić information content (AvgIpc) is 2.80. The van der Waals surface area contributed by atoms with Gasteiger partial charge >= 0.3 is 0 Å². The topological polar surface area (TPSA) is 0 Å². The van der Waals surface area contributed by atoms with Crippen LogP contribution in [0.3, 0.4) is 0 Å². The van der Waals surface area contributed by atoms with Crippen molar-refractivity contribution in [3.8, 4) is 4.90 Å². The molecule has 0 aliphatic carbocycles. The molecule has 0 bridgehead atoms. The van der Waals surface area contributed by atoms with Crippen LogP contribution in [0.2, 0.25) is 0 Å². The number of aryl methyl sites for hydroxylation is 3. The molecule has 1 aromatic heterocycles. The normalized spacial score (nSPS) is 11.5. The van der Waals surface area contributed by atoms with Gasteiger partial charge in [0.15, 0.2) is 14.3 Å². The van der Waals surface area contributed by atoms with Crippen molar-refractivity contribution in [1.82, 2.24) is 0 Å². The third-order valence-corrected chi connectivity index (χ3v) is 7.07. The number of hydrogen-bond acceptors (Lipinski definition) is 0. The quantitative estimate of drug-likeness (QED) is 0.330. The molecule has 0 nitrogen and oxygen atoms in total. The smallest absolute Gasteiger partial charge is 0.187 e. The lowest BCUT2D eigenvalue weighted by molar-refractivity contribution is 0.628. The van der Waals surface area contributed by atoms with E-state index in [1.54, 1.807) is 0 Å². The molecule has 0 spiro atoms. The molecule has 0 amide bonds. The fraction of sp³-hybridized carbons (Fsp3) is 0.143. The summed E-state index contributed by atoms with van der Waals surface area (Å²) in [5.74, 6) is -0.571. The molecule has 0 aliphatic heterocycles. The Balaban J connectivity index is 2.23. The van der Waals surface area contributed by atoms with E-state index in [-0.39, 0.29) is 22.1 Å². The Morgan fingerprint density at radius 2 is 1.12 bits per heavy atom. The second-order valence-electron chi connectivity index (χ2n) is 6.31. The maximum absolute atomic E-state index is 13.8. The lowest BCUT2D eigenvalue weighted by Crippen LogP contribution is -1.86. The van der Waals surface area contributed by atoms with E-state index < -0.39 is 0 Å². The summed E-state index contributed by atoms with van der Waals surface area (Å²) in [5, 5.41) is 1.62. The van der Waals surface area contributed by atoms with Gasteiger partial charge in [0, 0.05) is 33.7 Å². The first-order valence-corrected chi connectivity index (χ1v) is 9.10.